The number of aromatic nitrogens is 6. The number of methoxy groups -OCH3 is 1. The fourth-order valence-corrected chi connectivity index (χ4v) is 6.02. The smallest absolute Gasteiger partial charge is 0.410 e. The van der Waals surface area contributed by atoms with E-state index in [0.717, 1.165) is 32.6 Å². The molecule has 0 aliphatic carbocycles. The molecule has 0 atom stereocenters. The molecule has 0 radical (unpaired) electrons. The molecule has 262 valence electrons. The molecule has 5 aromatic rings. The second-order valence-electron chi connectivity index (χ2n) is 11.6. The predicted octanol–water partition coefficient (Wildman–Crippen LogP) is 3.85. The topological polar surface area (TPSA) is 185 Å². The van der Waals surface area contributed by atoms with E-state index in [9.17, 15) is 19.2 Å². The second-order valence-corrected chi connectivity index (χ2v) is 12.6. The number of carbonyl (C=O) groups excluding carboxylic acids is 2. The molecule has 50 heavy (non-hydrogen) atoms. The predicted molar refractivity (Wildman–Crippen MR) is 177 cm³/mol. The van der Waals surface area contributed by atoms with E-state index in [-0.39, 0.29) is 40.0 Å². The van der Waals surface area contributed by atoms with Gasteiger partial charge in [-0.05, 0) is 39.0 Å². The van der Waals surface area contributed by atoms with Crippen LogP contribution in [0.4, 0.5) is 24.3 Å². The second kappa shape index (κ2) is 14.3. The molecule has 0 spiro atoms. The molecule has 0 bridgehead atoms. The monoisotopic (exact) mass is 711 g/mol. The van der Waals surface area contributed by atoms with Crippen LogP contribution in [0.5, 0.6) is 5.88 Å². The van der Waals surface area contributed by atoms with Crippen LogP contribution in [0.1, 0.15) is 31.9 Å². The Hall–Kier alpha value is -5.82. The third-order valence-corrected chi connectivity index (χ3v) is 8.25. The summed E-state index contributed by atoms with van der Waals surface area (Å²) in [5.41, 5.74) is -0.465. The van der Waals surface area contributed by atoms with Gasteiger partial charge >= 0.3 is 17.8 Å². The third-order valence-electron chi connectivity index (χ3n) is 6.95. The van der Waals surface area contributed by atoms with Gasteiger partial charge in [-0.3, -0.25) is 19.5 Å². The minimum absolute atomic E-state index is 0.0321. The summed E-state index contributed by atoms with van der Waals surface area (Å²) >= 11 is 0.938. The maximum atomic E-state index is 15.0. The summed E-state index contributed by atoms with van der Waals surface area (Å²) in [6.45, 7) is 4.24. The molecule has 16 nitrogen and oxygen atoms in total. The summed E-state index contributed by atoms with van der Waals surface area (Å²) in [5.74, 6) is -2.01. The van der Waals surface area contributed by atoms with Crippen LogP contribution in [-0.2, 0) is 22.7 Å². The minimum atomic E-state index is -0.968. The van der Waals surface area contributed by atoms with Gasteiger partial charge in [0, 0.05) is 47.1 Å². The van der Waals surface area contributed by atoms with Crippen molar-refractivity contribution in [3.8, 4) is 22.1 Å². The normalized spacial score (nSPS) is 11.4. The zero-order valence-corrected chi connectivity index (χ0v) is 28.4. The summed E-state index contributed by atoms with van der Waals surface area (Å²) in [4.78, 5) is 68.1. The number of hydrogen-bond donors (Lipinski definition) is 2. The van der Waals surface area contributed by atoms with E-state index in [4.69, 9.17) is 9.47 Å². The molecule has 1 aromatic carbocycles. The fraction of sp³-hybridized carbons (Fsp3) is 0.290. The maximum absolute atomic E-state index is 15.0. The first-order valence-corrected chi connectivity index (χ1v) is 15.5. The molecule has 0 unspecified atom stereocenters. The van der Waals surface area contributed by atoms with Crippen molar-refractivity contribution in [2.45, 2.75) is 39.5 Å². The molecule has 0 saturated carbocycles. The van der Waals surface area contributed by atoms with Gasteiger partial charge in [-0.1, -0.05) is 6.07 Å². The van der Waals surface area contributed by atoms with E-state index in [0.29, 0.717) is 10.4 Å². The molecule has 3 amide bonds. The summed E-state index contributed by atoms with van der Waals surface area (Å²) < 4.78 is 42.4. The Kier molecular flexibility index (Phi) is 10.2. The van der Waals surface area contributed by atoms with Crippen molar-refractivity contribution in [1.29, 1.82) is 0 Å². The van der Waals surface area contributed by atoms with Crippen molar-refractivity contribution < 1.29 is 32.7 Å². The molecule has 0 aliphatic rings. The Bertz CT molecular complexity index is 2160. The zero-order chi connectivity index (χ0) is 36.3. The first-order chi connectivity index (χ1) is 23.7. The van der Waals surface area contributed by atoms with Gasteiger partial charge in [-0.2, -0.15) is 0 Å². The number of hydrogen-bond acceptors (Lipinski definition) is 12. The average molecular weight is 712 g/mol. The van der Waals surface area contributed by atoms with Crippen LogP contribution in [0.15, 0.2) is 52.3 Å². The van der Waals surface area contributed by atoms with Gasteiger partial charge in [0.1, 0.15) is 22.1 Å². The number of benzene rings is 1. The van der Waals surface area contributed by atoms with E-state index in [1.54, 1.807) is 20.8 Å². The lowest BCUT2D eigenvalue weighted by Gasteiger charge is -2.25. The van der Waals surface area contributed by atoms with E-state index in [2.05, 4.69) is 35.8 Å². The Balaban J connectivity index is 1.80. The zero-order valence-electron chi connectivity index (χ0n) is 27.6. The number of anilines is 1. The number of ether oxygens (including phenoxy) is 2. The number of carbonyl (C=O) groups is 2. The quantitative estimate of drug-likeness (QED) is 0.212. The molecule has 19 heteroatoms. The molecule has 4 aromatic heterocycles. The Morgan fingerprint density at radius 2 is 1.68 bits per heavy atom. The van der Waals surface area contributed by atoms with Crippen molar-refractivity contribution in [2.24, 2.45) is 0 Å². The number of halogens is 2. The Morgan fingerprint density at radius 3 is 2.26 bits per heavy atom. The van der Waals surface area contributed by atoms with Gasteiger partial charge in [0.05, 0.1) is 32.7 Å². The van der Waals surface area contributed by atoms with Crippen LogP contribution in [0.3, 0.4) is 0 Å². The number of nitrogens with one attached hydrogen (secondary N) is 2. The van der Waals surface area contributed by atoms with Gasteiger partial charge in [0.2, 0.25) is 11.8 Å². The van der Waals surface area contributed by atoms with Crippen molar-refractivity contribution in [1.82, 2.24) is 39.7 Å². The van der Waals surface area contributed by atoms with Gasteiger partial charge in [0.25, 0.3) is 5.56 Å². The molecule has 0 aliphatic heterocycles. The number of rotatable bonds is 9. The summed E-state index contributed by atoms with van der Waals surface area (Å²) in [6.07, 6.45) is 1.98. The van der Waals surface area contributed by atoms with E-state index < -0.39 is 52.7 Å². The number of fused-ring (bicyclic) bond motifs is 1. The molecule has 4 heterocycles. The Labute approximate surface area is 286 Å². The molecule has 2 N–H and O–H groups in total. The van der Waals surface area contributed by atoms with Crippen LogP contribution in [-0.4, -0.2) is 73.2 Å². The lowest BCUT2D eigenvalue weighted by Crippen LogP contribution is -2.40. The molecule has 5 rings (SSSR count). The van der Waals surface area contributed by atoms with Gasteiger partial charge in [-0.15, -0.1) is 21.5 Å². The maximum Gasteiger partial charge on any atom is 0.410 e. The highest BCUT2D eigenvalue weighted by molar-refractivity contribution is 7.22. The SMILES string of the molecule is CONC(=O)Nc1ncc(-c2sc3c(c2CN(C)C(=O)OC(C)(C)C)c(=O)n(-c2ccc(OC)nn2)c(=O)n3Cc2c(F)cccc2F)cn1. The van der Waals surface area contributed by atoms with Crippen molar-refractivity contribution >= 4 is 39.6 Å². The number of hydroxylamine groups is 1. The molecule has 0 fully saturated rings. The van der Waals surface area contributed by atoms with Crippen LogP contribution < -0.4 is 26.8 Å². The highest BCUT2D eigenvalue weighted by Crippen LogP contribution is 2.38. The molecule has 0 saturated heterocycles. The Morgan fingerprint density at radius 1 is 1.00 bits per heavy atom. The van der Waals surface area contributed by atoms with Crippen molar-refractivity contribution in [3.05, 3.63) is 86.3 Å². The largest absolute Gasteiger partial charge is 0.480 e. The lowest BCUT2D eigenvalue weighted by atomic mass is 10.1. The van der Waals surface area contributed by atoms with Gasteiger partial charge in [0.15, 0.2) is 5.82 Å². The van der Waals surface area contributed by atoms with E-state index in [1.165, 1.54) is 56.8 Å². The minimum Gasteiger partial charge on any atom is -0.480 e. The van der Waals surface area contributed by atoms with Crippen molar-refractivity contribution in [2.75, 3.05) is 26.6 Å². The fourth-order valence-electron chi connectivity index (χ4n) is 4.75. The molecular formula is C31H31F2N9O7S. The standard InChI is InChI=1S/C31H31F2N9O7S/c1-31(2,3)49-30(46)40(4)14-18-23-25(43)42(21-10-11-22(47-5)38-37-21)29(45)41(15-17-19(32)8-7-9-20(17)33)26(23)50-24(18)16-12-34-27(35-13-16)36-28(44)39-48-6/h7-13H,14-15H2,1-6H3,(H2,34,35,36,39,44). The van der Waals surface area contributed by atoms with Crippen LogP contribution in [0.25, 0.3) is 26.5 Å². The third kappa shape index (κ3) is 7.42. The summed E-state index contributed by atoms with van der Waals surface area (Å²) in [5, 5.41) is 10.2. The van der Waals surface area contributed by atoms with Crippen LogP contribution >= 0.6 is 11.3 Å². The highest BCUT2D eigenvalue weighted by atomic mass is 32.1. The van der Waals surface area contributed by atoms with Crippen molar-refractivity contribution in [3.63, 3.8) is 0 Å². The average Bonchev–Trinajstić information content (AvgIpc) is 3.43. The summed E-state index contributed by atoms with van der Waals surface area (Å²) in [7, 11) is 4.06. The van der Waals surface area contributed by atoms with Crippen LogP contribution in [0.2, 0.25) is 0 Å². The number of amides is 3. The highest BCUT2D eigenvalue weighted by Gasteiger charge is 2.28. The van der Waals surface area contributed by atoms with Crippen LogP contribution in [0, 0.1) is 11.6 Å². The number of urea groups is 1. The van der Waals surface area contributed by atoms with Gasteiger partial charge in [-0.25, -0.2) is 43.2 Å². The van der Waals surface area contributed by atoms with Gasteiger partial charge < -0.3 is 14.4 Å². The first kappa shape index (κ1) is 35.5. The molecular weight excluding hydrogens is 680 g/mol. The first-order valence-electron chi connectivity index (χ1n) is 14.7. The van der Waals surface area contributed by atoms with E-state index in [1.807, 2.05) is 0 Å². The van der Waals surface area contributed by atoms with E-state index >= 15 is 8.78 Å². The number of thiophene rings is 1. The summed E-state index contributed by atoms with van der Waals surface area (Å²) in [6, 6.07) is 5.25. The number of nitrogens with zero attached hydrogens (tertiary/aromatic N) is 7. The lowest BCUT2D eigenvalue weighted by molar-refractivity contribution is 0.0286.